The maximum Gasteiger partial charge on any atom is 0.229 e. The highest BCUT2D eigenvalue weighted by Gasteiger charge is 2.36. The molecule has 3 aliphatic rings. The van der Waals surface area contributed by atoms with Crippen LogP contribution in [-0.2, 0) is 14.3 Å². The maximum atomic E-state index is 13.0. The predicted octanol–water partition coefficient (Wildman–Crippen LogP) is 2.29. The molecule has 5 rings (SSSR count). The molecule has 8 nitrogen and oxygen atoms in total. The van der Waals surface area contributed by atoms with Crippen molar-refractivity contribution in [3.63, 3.8) is 0 Å². The third kappa shape index (κ3) is 4.03. The summed E-state index contributed by atoms with van der Waals surface area (Å²) in [5.41, 5.74) is 2.46. The number of nitrogens with zero attached hydrogens (tertiary/aromatic N) is 2. The lowest BCUT2D eigenvalue weighted by Crippen LogP contribution is -2.37. The van der Waals surface area contributed by atoms with E-state index in [9.17, 15) is 9.59 Å². The molecular formula is C23H25N3O5. The van der Waals surface area contributed by atoms with Gasteiger partial charge in [-0.05, 0) is 24.3 Å². The van der Waals surface area contributed by atoms with Crippen LogP contribution in [0.3, 0.4) is 0 Å². The molecule has 2 aromatic rings. The second-order valence-corrected chi connectivity index (χ2v) is 7.84. The Bertz CT molecular complexity index is 989. The molecule has 1 unspecified atom stereocenters. The van der Waals surface area contributed by atoms with Gasteiger partial charge >= 0.3 is 0 Å². The lowest BCUT2D eigenvalue weighted by Gasteiger charge is -2.30. The topological polar surface area (TPSA) is 80.3 Å². The molecule has 3 heterocycles. The highest BCUT2D eigenvalue weighted by molar-refractivity contribution is 6.04. The third-order valence-corrected chi connectivity index (χ3v) is 5.85. The molecule has 2 saturated heterocycles. The Labute approximate surface area is 180 Å². The number of para-hydroxylation sites is 2. The van der Waals surface area contributed by atoms with Crippen LogP contribution in [0.4, 0.5) is 17.1 Å². The number of carbonyl (C=O) groups is 2. The first-order valence-corrected chi connectivity index (χ1v) is 10.6. The summed E-state index contributed by atoms with van der Waals surface area (Å²) in [4.78, 5) is 29.6. The van der Waals surface area contributed by atoms with Gasteiger partial charge in [0.2, 0.25) is 11.8 Å². The zero-order valence-electron chi connectivity index (χ0n) is 17.2. The standard InChI is InChI=1S/C23H25N3O5/c27-22-13-16(15-26(22)17-5-6-20-21(14-17)31-12-11-30-20)23(28)24-18-3-1-2-4-19(18)25-7-9-29-10-8-25/h1-6,14,16H,7-13,15H2,(H,24,28). The smallest absolute Gasteiger partial charge is 0.229 e. The third-order valence-electron chi connectivity index (χ3n) is 5.85. The molecular weight excluding hydrogens is 398 g/mol. The van der Waals surface area contributed by atoms with Crippen molar-refractivity contribution in [1.82, 2.24) is 0 Å². The Morgan fingerprint density at radius 2 is 1.74 bits per heavy atom. The number of hydrogen-bond acceptors (Lipinski definition) is 6. The molecule has 0 bridgehead atoms. The van der Waals surface area contributed by atoms with Crippen molar-refractivity contribution in [3.05, 3.63) is 42.5 Å². The van der Waals surface area contributed by atoms with E-state index in [0.717, 1.165) is 30.2 Å². The number of morpholine rings is 1. The minimum absolute atomic E-state index is 0.0710. The number of rotatable bonds is 4. The quantitative estimate of drug-likeness (QED) is 0.813. The molecule has 0 aromatic heterocycles. The van der Waals surface area contributed by atoms with Gasteiger partial charge in [0, 0.05) is 37.8 Å². The van der Waals surface area contributed by atoms with Crippen molar-refractivity contribution in [1.29, 1.82) is 0 Å². The van der Waals surface area contributed by atoms with Crippen LogP contribution in [0.5, 0.6) is 11.5 Å². The van der Waals surface area contributed by atoms with Crippen LogP contribution in [-0.4, -0.2) is 57.9 Å². The molecule has 0 spiro atoms. The Morgan fingerprint density at radius 1 is 0.968 bits per heavy atom. The molecule has 0 radical (unpaired) electrons. The number of carbonyl (C=O) groups excluding carboxylic acids is 2. The van der Waals surface area contributed by atoms with Gasteiger partial charge in [0.05, 0.1) is 30.5 Å². The van der Waals surface area contributed by atoms with Crippen molar-refractivity contribution in [3.8, 4) is 11.5 Å². The highest BCUT2D eigenvalue weighted by atomic mass is 16.6. The average Bonchev–Trinajstić information content (AvgIpc) is 3.21. The van der Waals surface area contributed by atoms with E-state index in [1.165, 1.54) is 0 Å². The van der Waals surface area contributed by atoms with Crippen LogP contribution < -0.4 is 24.6 Å². The molecule has 2 fully saturated rings. The molecule has 31 heavy (non-hydrogen) atoms. The lowest BCUT2D eigenvalue weighted by molar-refractivity contribution is -0.122. The van der Waals surface area contributed by atoms with Gasteiger partial charge in [-0.25, -0.2) is 0 Å². The fraction of sp³-hybridized carbons (Fsp3) is 0.391. The fourth-order valence-electron chi connectivity index (χ4n) is 4.23. The van der Waals surface area contributed by atoms with Gasteiger partial charge in [0.25, 0.3) is 0 Å². The van der Waals surface area contributed by atoms with Crippen LogP contribution >= 0.6 is 0 Å². The Balaban J connectivity index is 1.29. The zero-order chi connectivity index (χ0) is 21.2. The van der Waals surface area contributed by atoms with Crippen molar-refractivity contribution in [2.45, 2.75) is 6.42 Å². The molecule has 1 N–H and O–H groups in total. The monoisotopic (exact) mass is 423 g/mol. The van der Waals surface area contributed by atoms with Gasteiger partial charge in [-0.15, -0.1) is 0 Å². The number of ether oxygens (including phenoxy) is 3. The maximum absolute atomic E-state index is 13.0. The van der Waals surface area contributed by atoms with Gasteiger partial charge in [-0.2, -0.15) is 0 Å². The van der Waals surface area contributed by atoms with E-state index in [0.29, 0.717) is 44.5 Å². The first-order chi connectivity index (χ1) is 15.2. The van der Waals surface area contributed by atoms with E-state index < -0.39 is 5.92 Å². The van der Waals surface area contributed by atoms with Crippen LogP contribution in [0.25, 0.3) is 0 Å². The summed E-state index contributed by atoms with van der Waals surface area (Å²) >= 11 is 0. The normalized spacial score (nSPS) is 20.6. The van der Waals surface area contributed by atoms with Crippen LogP contribution in [0.1, 0.15) is 6.42 Å². The second kappa shape index (κ2) is 8.47. The van der Waals surface area contributed by atoms with Crippen molar-refractivity contribution >= 4 is 28.9 Å². The van der Waals surface area contributed by atoms with E-state index in [1.54, 1.807) is 11.0 Å². The van der Waals surface area contributed by atoms with Crippen molar-refractivity contribution in [2.75, 3.05) is 61.2 Å². The average molecular weight is 423 g/mol. The summed E-state index contributed by atoms with van der Waals surface area (Å²) in [6, 6.07) is 13.2. The van der Waals surface area contributed by atoms with Gasteiger partial charge in [-0.1, -0.05) is 12.1 Å². The van der Waals surface area contributed by atoms with Gasteiger partial charge in [0.15, 0.2) is 11.5 Å². The van der Waals surface area contributed by atoms with Crippen molar-refractivity contribution < 1.29 is 23.8 Å². The van der Waals surface area contributed by atoms with E-state index >= 15 is 0 Å². The van der Waals surface area contributed by atoms with E-state index in [2.05, 4.69) is 10.2 Å². The van der Waals surface area contributed by atoms with Crippen LogP contribution in [0, 0.1) is 5.92 Å². The minimum Gasteiger partial charge on any atom is -0.486 e. The molecule has 0 saturated carbocycles. The Morgan fingerprint density at radius 3 is 2.58 bits per heavy atom. The highest BCUT2D eigenvalue weighted by Crippen LogP contribution is 2.36. The minimum atomic E-state index is -0.418. The predicted molar refractivity (Wildman–Crippen MR) is 116 cm³/mol. The summed E-state index contributed by atoms with van der Waals surface area (Å²) in [5, 5.41) is 3.05. The van der Waals surface area contributed by atoms with Crippen molar-refractivity contribution in [2.24, 2.45) is 5.92 Å². The summed E-state index contributed by atoms with van der Waals surface area (Å²) in [6.45, 7) is 4.25. The van der Waals surface area contributed by atoms with Crippen LogP contribution in [0.2, 0.25) is 0 Å². The molecule has 3 aliphatic heterocycles. The van der Waals surface area contributed by atoms with Crippen LogP contribution in [0.15, 0.2) is 42.5 Å². The van der Waals surface area contributed by atoms with E-state index in [4.69, 9.17) is 14.2 Å². The molecule has 8 heteroatoms. The Hall–Kier alpha value is -3.26. The van der Waals surface area contributed by atoms with E-state index in [-0.39, 0.29) is 18.2 Å². The van der Waals surface area contributed by atoms with Gasteiger partial charge in [-0.3, -0.25) is 9.59 Å². The fourth-order valence-corrected chi connectivity index (χ4v) is 4.23. The first-order valence-electron chi connectivity index (χ1n) is 10.6. The van der Waals surface area contributed by atoms with Gasteiger partial charge < -0.3 is 29.3 Å². The number of amides is 2. The first kappa shape index (κ1) is 19.7. The number of nitrogens with one attached hydrogen (secondary N) is 1. The molecule has 162 valence electrons. The zero-order valence-corrected chi connectivity index (χ0v) is 17.2. The Kier molecular flexibility index (Phi) is 5.38. The number of anilines is 3. The summed E-state index contributed by atoms with van der Waals surface area (Å²) in [6.07, 6.45) is 0.181. The summed E-state index contributed by atoms with van der Waals surface area (Å²) in [7, 11) is 0. The molecule has 2 aromatic carbocycles. The second-order valence-electron chi connectivity index (χ2n) is 7.84. The molecule has 1 atom stereocenters. The van der Waals surface area contributed by atoms with Gasteiger partial charge in [0.1, 0.15) is 13.2 Å². The summed E-state index contributed by atoms with van der Waals surface area (Å²) < 4.78 is 16.6. The largest absolute Gasteiger partial charge is 0.486 e. The summed E-state index contributed by atoms with van der Waals surface area (Å²) in [5.74, 6) is 0.672. The number of hydrogen-bond donors (Lipinski definition) is 1. The number of benzene rings is 2. The molecule has 0 aliphatic carbocycles. The SMILES string of the molecule is O=C(Nc1ccccc1N1CCOCC1)C1CC(=O)N(c2ccc3c(c2)OCCO3)C1. The van der Waals surface area contributed by atoms with E-state index in [1.807, 2.05) is 36.4 Å². The molecule has 2 amide bonds. The lowest BCUT2D eigenvalue weighted by atomic mass is 10.1. The number of fused-ring (bicyclic) bond motifs is 1.